The van der Waals surface area contributed by atoms with Gasteiger partial charge in [0.15, 0.2) is 6.29 Å². The first-order chi connectivity index (χ1) is 9.33. The molecule has 3 heteroatoms. The fraction of sp³-hybridized carbons (Fsp3) is 0.625. The lowest BCUT2D eigenvalue weighted by Gasteiger charge is -2.30. The number of unbranched alkanes of at least 4 members (excludes halogenated alkanes) is 2. The average Bonchev–Trinajstić information content (AvgIpc) is 2.48. The molecule has 106 valence electrons. The number of hydrogen-bond donors (Lipinski definition) is 0. The first kappa shape index (κ1) is 14.4. The molecular weight excluding hydrogens is 240 g/mol. The minimum absolute atomic E-state index is 0.216. The van der Waals surface area contributed by atoms with Crippen molar-refractivity contribution in [1.29, 1.82) is 0 Å². The zero-order valence-corrected chi connectivity index (χ0v) is 11.9. The van der Waals surface area contributed by atoms with E-state index in [2.05, 4.69) is 6.92 Å². The van der Waals surface area contributed by atoms with Crippen LogP contribution in [0.4, 0.5) is 0 Å². The molecule has 2 unspecified atom stereocenters. The van der Waals surface area contributed by atoms with E-state index in [1.54, 1.807) is 7.11 Å². The van der Waals surface area contributed by atoms with Crippen LogP contribution < -0.4 is 4.74 Å². The number of hydrogen-bond acceptors (Lipinski definition) is 3. The van der Waals surface area contributed by atoms with Gasteiger partial charge in [-0.2, -0.15) is 0 Å². The third-order valence-electron chi connectivity index (χ3n) is 3.54. The Bertz CT molecular complexity index is 361. The second-order valence-corrected chi connectivity index (χ2v) is 5.02. The van der Waals surface area contributed by atoms with Crippen molar-refractivity contribution >= 4 is 0 Å². The van der Waals surface area contributed by atoms with Crippen molar-refractivity contribution in [2.24, 2.45) is 0 Å². The summed E-state index contributed by atoms with van der Waals surface area (Å²) in [7, 11) is 1.67. The molecule has 19 heavy (non-hydrogen) atoms. The summed E-state index contributed by atoms with van der Waals surface area (Å²) in [5.74, 6) is 0.860. The van der Waals surface area contributed by atoms with E-state index in [-0.39, 0.29) is 6.29 Å². The Kier molecular flexibility index (Phi) is 5.67. The molecule has 1 saturated heterocycles. The van der Waals surface area contributed by atoms with Crippen LogP contribution in [-0.4, -0.2) is 19.8 Å². The summed E-state index contributed by atoms with van der Waals surface area (Å²) in [5, 5.41) is 0. The highest BCUT2D eigenvalue weighted by atomic mass is 16.7. The zero-order chi connectivity index (χ0) is 13.5. The lowest BCUT2D eigenvalue weighted by Crippen LogP contribution is -2.26. The number of benzene rings is 1. The van der Waals surface area contributed by atoms with Crippen LogP contribution in [0, 0.1) is 0 Å². The smallest absolute Gasteiger partial charge is 0.184 e. The van der Waals surface area contributed by atoms with E-state index < -0.39 is 0 Å². The highest BCUT2D eigenvalue weighted by Gasteiger charge is 2.23. The van der Waals surface area contributed by atoms with Crippen molar-refractivity contribution in [2.75, 3.05) is 13.7 Å². The van der Waals surface area contributed by atoms with Crippen molar-refractivity contribution in [3.05, 3.63) is 29.8 Å². The van der Waals surface area contributed by atoms with E-state index in [0.29, 0.717) is 6.10 Å². The van der Waals surface area contributed by atoms with Gasteiger partial charge in [0.25, 0.3) is 0 Å². The minimum atomic E-state index is -0.216. The van der Waals surface area contributed by atoms with Crippen LogP contribution in [0.15, 0.2) is 24.3 Å². The van der Waals surface area contributed by atoms with Gasteiger partial charge in [-0.3, -0.25) is 0 Å². The van der Waals surface area contributed by atoms with Gasteiger partial charge >= 0.3 is 0 Å². The van der Waals surface area contributed by atoms with Crippen LogP contribution in [0.1, 0.15) is 50.9 Å². The van der Waals surface area contributed by atoms with Crippen LogP contribution in [0.3, 0.4) is 0 Å². The molecule has 0 bridgehead atoms. The lowest BCUT2D eigenvalue weighted by molar-refractivity contribution is -0.218. The second kappa shape index (κ2) is 7.51. The SMILES string of the molecule is CCCCCC1CCOC(c2ccc(OC)cc2)O1. The predicted molar refractivity (Wildman–Crippen MR) is 75.3 cm³/mol. The van der Waals surface area contributed by atoms with Crippen molar-refractivity contribution < 1.29 is 14.2 Å². The Morgan fingerprint density at radius 2 is 2.00 bits per heavy atom. The van der Waals surface area contributed by atoms with E-state index in [1.165, 1.54) is 19.3 Å². The Morgan fingerprint density at radius 1 is 1.21 bits per heavy atom. The normalized spacial score (nSPS) is 23.3. The highest BCUT2D eigenvalue weighted by Crippen LogP contribution is 2.29. The molecule has 1 aromatic carbocycles. The van der Waals surface area contributed by atoms with Crippen molar-refractivity contribution in [3.8, 4) is 5.75 Å². The molecule has 3 nitrogen and oxygen atoms in total. The predicted octanol–water partition coefficient (Wildman–Crippen LogP) is 4.08. The molecule has 0 amide bonds. The third kappa shape index (κ3) is 4.22. The van der Waals surface area contributed by atoms with Gasteiger partial charge in [0, 0.05) is 5.56 Å². The van der Waals surface area contributed by atoms with Crippen LogP contribution in [-0.2, 0) is 9.47 Å². The summed E-state index contributed by atoms with van der Waals surface area (Å²) in [5.41, 5.74) is 1.07. The number of ether oxygens (including phenoxy) is 3. The van der Waals surface area contributed by atoms with Gasteiger partial charge in [-0.25, -0.2) is 0 Å². The number of methoxy groups -OCH3 is 1. The molecule has 0 saturated carbocycles. The van der Waals surface area contributed by atoms with Gasteiger partial charge < -0.3 is 14.2 Å². The monoisotopic (exact) mass is 264 g/mol. The van der Waals surface area contributed by atoms with Crippen molar-refractivity contribution in [3.63, 3.8) is 0 Å². The molecule has 0 spiro atoms. The van der Waals surface area contributed by atoms with Gasteiger partial charge in [0.05, 0.1) is 19.8 Å². The topological polar surface area (TPSA) is 27.7 Å². The van der Waals surface area contributed by atoms with Gasteiger partial charge in [0.1, 0.15) is 5.75 Å². The Morgan fingerprint density at radius 3 is 2.68 bits per heavy atom. The molecule has 2 atom stereocenters. The van der Waals surface area contributed by atoms with E-state index in [1.807, 2.05) is 24.3 Å². The van der Waals surface area contributed by atoms with Gasteiger partial charge in [-0.15, -0.1) is 0 Å². The largest absolute Gasteiger partial charge is 0.497 e. The molecule has 1 heterocycles. The van der Waals surface area contributed by atoms with E-state index in [0.717, 1.165) is 30.8 Å². The quantitative estimate of drug-likeness (QED) is 0.725. The fourth-order valence-electron chi connectivity index (χ4n) is 2.36. The van der Waals surface area contributed by atoms with Gasteiger partial charge in [-0.1, -0.05) is 38.3 Å². The Balaban J connectivity index is 1.88. The average molecular weight is 264 g/mol. The molecule has 1 aliphatic heterocycles. The molecule has 1 fully saturated rings. The Labute approximate surface area is 115 Å². The van der Waals surface area contributed by atoms with Crippen LogP contribution >= 0.6 is 0 Å². The molecule has 0 N–H and O–H groups in total. The van der Waals surface area contributed by atoms with Crippen molar-refractivity contribution in [2.45, 2.75) is 51.4 Å². The summed E-state index contributed by atoms with van der Waals surface area (Å²) in [6.45, 7) is 3.01. The maximum Gasteiger partial charge on any atom is 0.184 e. The van der Waals surface area contributed by atoms with E-state index in [9.17, 15) is 0 Å². The summed E-state index contributed by atoms with van der Waals surface area (Å²) in [4.78, 5) is 0. The molecular formula is C16H24O3. The summed E-state index contributed by atoms with van der Waals surface area (Å²) >= 11 is 0. The molecule has 1 aliphatic rings. The molecule has 1 aromatic rings. The molecule has 0 aliphatic carbocycles. The maximum atomic E-state index is 6.03. The van der Waals surface area contributed by atoms with E-state index in [4.69, 9.17) is 14.2 Å². The van der Waals surface area contributed by atoms with Crippen LogP contribution in [0.2, 0.25) is 0 Å². The summed E-state index contributed by atoms with van der Waals surface area (Å²) in [6, 6.07) is 7.92. The number of rotatable bonds is 6. The third-order valence-corrected chi connectivity index (χ3v) is 3.54. The lowest BCUT2D eigenvalue weighted by atomic mass is 10.1. The minimum Gasteiger partial charge on any atom is -0.497 e. The summed E-state index contributed by atoms with van der Waals surface area (Å²) in [6.07, 6.45) is 6.06. The first-order valence-electron chi connectivity index (χ1n) is 7.24. The standard InChI is InChI=1S/C16H24O3/c1-3-4-5-6-15-11-12-18-16(19-15)13-7-9-14(17-2)10-8-13/h7-10,15-16H,3-6,11-12H2,1-2H3. The Hall–Kier alpha value is -1.06. The van der Waals surface area contributed by atoms with E-state index >= 15 is 0 Å². The second-order valence-electron chi connectivity index (χ2n) is 5.02. The zero-order valence-electron chi connectivity index (χ0n) is 11.9. The molecule has 0 aromatic heterocycles. The van der Waals surface area contributed by atoms with Gasteiger partial charge in [0.2, 0.25) is 0 Å². The first-order valence-corrected chi connectivity index (χ1v) is 7.24. The molecule has 0 radical (unpaired) electrons. The maximum absolute atomic E-state index is 6.03. The van der Waals surface area contributed by atoms with Crippen LogP contribution in [0.25, 0.3) is 0 Å². The van der Waals surface area contributed by atoms with Crippen molar-refractivity contribution in [1.82, 2.24) is 0 Å². The summed E-state index contributed by atoms with van der Waals surface area (Å²) < 4.78 is 16.9. The van der Waals surface area contributed by atoms with Crippen LogP contribution in [0.5, 0.6) is 5.75 Å². The molecule has 2 rings (SSSR count). The van der Waals surface area contributed by atoms with Gasteiger partial charge in [-0.05, 0) is 25.0 Å². The fourth-order valence-corrected chi connectivity index (χ4v) is 2.36. The highest BCUT2D eigenvalue weighted by molar-refractivity contribution is 5.27.